The molecule has 0 aromatic heterocycles. The maximum Gasteiger partial charge on any atom is 0.257 e. The molecule has 0 unspecified atom stereocenters. The van der Waals surface area contributed by atoms with E-state index in [1.165, 1.54) is 30.3 Å². The van der Waals surface area contributed by atoms with E-state index in [0.717, 1.165) is 6.07 Å². The third kappa shape index (κ3) is 5.37. The van der Waals surface area contributed by atoms with Crippen LogP contribution in [0, 0.1) is 5.82 Å². The van der Waals surface area contributed by atoms with Crippen LogP contribution < -0.4 is 10.1 Å². The number of hydrogen-bond acceptors (Lipinski definition) is 4. The minimum absolute atomic E-state index is 0.0252. The van der Waals surface area contributed by atoms with Crippen LogP contribution in [-0.4, -0.2) is 33.2 Å². The average Bonchev–Trinajstić information content (AvgIpc) is 2.54. The molecule has 5 nitrogen and oxygen atoms in total. The van der Waals surface area contributed by atoms with Gasteiger partial charge in [-0.2, -0.15) is 0 Å². The van der Waals surface area contributed by atoms with Crippen molar-refractivity contribution in [3.8, 4) is 5.75 Å². The Balaban J connectivity index is 1.77. The predicted octanol–water partition coefficient (Wildman–Crippen LogP) is 1.79. The molecular formula is C16H16FNO4S. The standard InChI is InChI=1S/C16H16FNO4S/c17-13-5-4-6-14(11-13)22-12-16(19)18-9-10-23(20,21)15-7-2-1-3-8-15/h1-8,11H,9-10,12H2,(H,18,19). The van der Waals surface area contributed by atoms with Crippen molar-refractivity contribution in [1.29, 1.82) is 0 Å². The zero-order valence-electron chi connectivity index (χ0n) is 12.2. The van der Waals surface area contributed by atoms with Gasteiger partial charge in [0.25, 0.3) is 5.91 Å². The Morgan fingerprint density at radius 3 is 2.52 bits per heavy atom. The third-order valence-corrected chi connectivity index (χ3v) is 4.69. The van der Waals surface area contributed by atoms with Crippen molar-refractivity contribution < 1.29 is 22.3 Å². The smallest absolute Gasteiger partial charge is 0.257 e. The fourth-order valence-corrected chi connectivity index (χ4v) is 3.01. The maximum absolute atomic E-state index is 12.9. The monoisotopic (exact) mass is 337 g/mol. The molecule has 0 aliphatic carbocycles. The predicted molar refractivity (Wildman–Crippen MR) is 83.4 cm³/mol. The van der Waals surface area contributed by atoms with Crippen molar-refractivity contribution in [2.75, 3.05) is 18.9 Å². The number of carbonyl (C=O) groups excluding carboxylic acids is 1. The summed E-state index contributed by atoms with van der Waals surface area (Å²) in [6, 6.07) is 13.4. The first-order valence-electron chi connectivity index (χ1n) is 6.90. The molecule has 0 spiro atoms. The molecule has 2 aromatic rings. The lowest BCUT2D eigenvalue weighted by atomic mass is 10.3. The van der Waals surface area contributed by atoms with E-state index < -0.39 is 21.6 Å². The van der Waals surface area contributed by atoms with Crippen molar-refractivity contribution in [1.82, 2.24) is 5.32 Å². The highest BCUT2D eigenvalue weighted by molar-refractivity contribution is 7.91. The molecule has 0 saturated heterocycles. The number of halogens is 1. The fraction of sp³-hybridized carbons (Fsp3) is 0.188. The number of ether oxygens (including phenoxy) is 1. The van der Waals surface area contributed by atoms with E-state index >= 15 is 0 Å². The van der Waals surface area contributed by atoms with Crippen LogP contribution in [0.1, 0.15) is 0 Å². The van der Waals surface area contributed by atoms with Crippen LogP contribution in [-0.2, 0) is 14.6 Å². The first-order valence-corrected chi connectivity index (χ1v) is 8.55. The van der Waals surface area contributed by atoms with Crippen LogP contribution in [0.2, 0.25) is 0 Å². The molecule has 1 N–H and O–H groups in total. The molecule has 2 aromatic carbocycles. The van der Waals surface area contributed by atoms with Crippen molar-refractivity contribution in [2.45, 2.75) is 4.90 Å². The summed E-state index contributed by atoms with van der Waals surface area (Å²) in [5, 5.41) is 2.46. The Bertz CT molecular complexity index is 763. The van der Waals surface area contributed by atoms with Gasteiger partial charge in [0.05, 0.1) is 10.6 Å². The Kier molecular flexibility index (Phi) is 5.70. The summed E-state index contributed by atoms with van der Waals surface area (Å²) in [6.07, 6.45) is 0. The Labute approximate surface area is 134 Å². The van der Waals surface area contributed by atoms with E-state index in [0.29, 0.717) is 0 Å². The quantitative estimate of drug-likeness (QED) is 0.836. The maximum atomic E-state index is 12.9. The normalized spacial score (nSPS) is 11.0. The number of benzene rings is 2. The van der Waals surface area contributed by atoms with Gasteiger partial charge in [0, 0.05) is 12.6 Å². The lowest BCUT2D eigenvalue weighted by Gasteiger charge is -2.08. The van der Waals surface area contributed by atoms with E-state index in [9.17, 15) is 17.6 Å². The van der Waals surface area contributed by atoms with Crippen LogP contribution in [0.4, 0.5) is 4.39 Å². The van der Waals surface area contributed by atoms with Crippen LogP contribution >= 0.6 is 0 Å². The zero-order chi connectivity index (χ0) is 16.7. The van der Waals surface area contributed by atoms with Crippen molar-refractivity contribution in [2.24, 2.45) is 0 Å². The van der Waals surface area contributed by atoms with Crippen LogP contribution in [0.15, 0.2) is 59.5 Å². The first kappa shape index (κ1) is 17.0. The number of nitrogens with one attached hydrogen (secondary N) is 1. The summed E-state index contributed by atoms with van der Waals surface area (Å²) < 4.78 is 42.1. The summed E-state index contributed by atoms with van der Waals surface area (Å²) in [5.74, 6) is -0.908. The van der Waals surface area contributed by atoms with Gasteiger partial charge in [-0.1, -0.05) is 24.3 Å². The minimum atomic E-state index is -3.43. The summed E-state index contributed by atoms with van der Waals surface area (Å²) >= 11 is 0. The van der Waals surface area contributed by atoms with E-state index in [1.807, 2.05) is 0 Å². The molecular weight excluding hydrogens is 321 g/mol. The van der Waals surface area contributed by atoms with E-state index in [-0.39, 0.29) is 29.5 Å². The van der Waals surface area contributed by atoms with E-state index in [4.69, 9.17) is 4.74 Å². The summed E-state index contributed by atoms with van der Waals surface area (Å²) in [5.41, 5.74) is 0. The molecule has 23 heavy (non-hydrogen) atoms. The van der Waals surface area contributed by atoms with Gasteiger partial charge in [-0.25, -0.2) is 12.8 Å². The molecule has 0 fully saturated rings. The van der Waals surface area contributed by atoms with Gasteiger partial charge in [-0.15, -0.1) is 0 Å². The highest BCUT2D eigenvalue weighted by atomic mass is 32.2. The van der Waals surface area contributed by atoms with Gasteiger partial charge in [0.1, 0.15) is 11.6 Å². The van der Waals surface area contributed by atoms with E-state index in [2.05, 4.69) is 5.32 Å². The molecule has 0 atom stereocenters. The fourth-order valence-electron chi connectivity index (χ4n) is 1.83. The van der Waals surface area contributed by atoms with Gasteiger partial charge in [-0.3, -0.25) is 4.79 Å². The van der Waals surface area contributed by atoms with Crippen LogP contribution in [0.5, 0.6) is 5.75 Å². The molecule has 0 saturated carbocycles. The molecule has 122 valence electrons. The molecule has 0 radical (unpaired) electrons. The van der Waals surface area contributed by atoms with E-state index in [1.54, 1.807) is 18.2 Å². The second-order valence-corrected chi connectivity index (χ2v) is 6.84. The molecule has 1 amide bonds. The van der Waals surface area contributed by atoms with Gasteiger partial charge in [0.15, 0.2) is 16.4 Å². The Morgan fingerprint density at radius 2 is 1.83 bits per heavy atom. The highest BCUT2D eigenvalue weighted by Crippen LogP contribution is 2.11. The lowest BCUT2D eigenvalue weighted by Crippen LogP contribution is -2.32. The highest BCUT2D eigenvalue weighted by Gasteiger charge is 2.14. The number of sulfone groups is 1. The average molecular weight is 337 g/mol. The third-order valence-electron chi connectivity index (χ3n) is 2.96. The van der Waals surface area contributed by atoms with Gasteiger partial charge in [0.2, 0.25) is 0 Å². The van der Waals surface area contributed by atoms with Gasteiger partial charge >= 0.3 is 0 Å². The summed E-state index contributed by atoms with van der Waals surface area (Å²) in [6.45, 7) is -0.336. The number of amides is 1. The molecule has 7 heteroatoms. The first-order chi connectivity index (χ1) is 11.0. The van der Waals surface area contributed by atoms with Gasteiger partial charge < -0.3 is 10.1 Å². The topological polar surface area (TPSA) is 72.5 Å². The van der Waals surface area contributed by atoms with Crippen molar-refractivity contribution in [3.05, 3.63) is 60.4 Å². The number of rotatable bonds is 7. The largest absolute Gasteiger partial charge is 0.484 e. The van der Waals surface area contributed by atoms with Crippen LogP contribution in [0.25, 0.3) is 0 Å². The zero-order valence-corrected chi connectivity index (χ0v) is 13.1. The summed E-state index contributed by atoms with van der Waals surface area (Å²) in [4.78, 5) is 11.8. The van der Waals surface area contributed by atoms with Crippen LogP contribution in [0.3, 0.4) is 0 Å². The Morgan fingerprint density at radius 1 is 1.09 bits per heavy atom. The van der Waals surface area contributed by atoms with Gasteiger partial charge in [-0.05, 0) is 24.3 Å². The summed E-state index contributed by atoms with van der Waals surface area (Å²) in [7, 11) is -3.43. The second kappa shape index (κ2) is 7.73. The number of hydrogen-bond donors (Lipinski definition) is 1. The minimum Gasteiger partial charge on any atom is -0.484 e. The van der Waals surface area contributed by atoms with Crippen molar-refractivity contribution >= 4 is 15.7 Å². The molecule has 2 rings (SSSR count). The molecule has 0 bridgehead atoms. The SMILES string of the molecule is O=C(COc1cccc(F)c1)NCCS(=O)(=O)c1ccccc1. The molecule has 0 heterocycles. The molecule has 0 aliphatic rings. The lowest BCUT2D eigenvalue weighted by molar-refractivity contribution is -0.122. The Hall–Kier alpha value is -2.41. The second-order valence-electron chi connectivity index (χ2n) is 4.73. The number of carbonyl (C=O) groups is 1. The molecule has 0 aliphatic heterocycles. The van der Waals surface area contributed by atoms with Crippen molar-refractivity contribution in [3.63, 3.8) is 0 Å².